The normalized spacial score (nSPS) is 10.8. The van der Waals surface area contributed by atoms with E-state index in [0.29, 0.717) is 31.2 Å². The Balaban J connectivity index is 0.00000338. The highest BCUT2D eigenvalue weighted by atomic mass is 127. The second-order valence-corrected chi connectivity index (χ2v) is 7.01. The number of carbonyl (C=O) groups excluding carboxylic acids is 1. The van der Waals surface area contributed by atoms with Crippen molar-refractivity contribution in [2.45, 2.75) is 27.3 Å². The highest BCUT2D eigenvalue weighted by Gasteiger charge is 2.07. The first-order valence-corrected chi connectivity index (χ1v) is 9.03. The molecule has 0 atom stereocenters. The van der Waals surface area contributed by atoms with Crippen LogP contribution in [0.5, 0.6) is 0 Å². The largest absolute Gasteiger partial charge is 0.355 e. The summed E-state index contributed by atoms with van der Waals surface area (Å²) in [4.78, 5) is 21.9. The maximum Gasteiger partial charge on any atom is 0.251 e. The Bertz CT molecular complexity index is 760. The van der Waals surface area contributed by atoms with Gasteiger partial charge in [0.2, 0.25) is 0 Å². The second kappa shape index (κ2) is 11.1. The molecular formula is C18H26IN5OS. The van der Waals surface area contributed by atoms with Crippen LogP contribution in [0.15, 0.2) is 29.3 Å². The minimum absolute atomic E-state index is 0. The molecule has 2 rings (SSSR count). The highest BCUT2D eigenvalue weighted by molar-refractivity contribution is 14.0. The van der Waals surface area contributed by atoms with Crippen LogP contribution in [0.4, 0.5) is 0 Å². The summed E-state index contributed by atoms with van der Waals surface area (Å²) in [5, 5.41) is 10.4. The van der Waals surface area contributed by atoms with Gasteiger partial charge >= 0.3 is 0 Å². The number of aryl methyl sites for hydroxylation is 3. The van der Waals surface area contributed by atoms with E-state index in [4.69, 9.17) is 0 Å². The monoisotopic (exact) mass is 487 g/mol. The van der Waals surface area contributed by atoms with Crippen LogP contribution in [0, 0.1) is 20.8 Å². The molecule has 0 aliphatic rings. The van der Waals surface area contributed by atoms with Gasteiger partial charge in [-0.3, -0.25) is 9.79 Å². The number of rotatable bonds is 6. The summed E-state index contributed by atoms with van der Waals surface area (Å²) < 4.78 is 0. The third-order valence-corrected chi connectivity index (χ3v) is 4.70. The number of nitrogens with one attached hydrogen (secondary N) is 3. The van der Waals surface area contributed by atoms with E-state index in [-0.39, 0.29) is 29.9 Å². The number of thiazole rings is 1. The van der Waals surface area contributed by atoms with Crippen molar-refractivity contribution < 1.29 is 4.79 Å². The molecule has 2 aromatic rings. The van der Waals surface area contributed by atoms with Gasteiger partial charge < -0.3 is 16.0 Å². The number of benzene rings is 1. The molecular weight excluding hydrogens is 461 g/mol. The first kappa shape index (κ1) is 22.4. The van der Waals surface area contributed by atoms with Crippen molar-refractivity contribution in [1.29, 1.82) is 0 Å². The highest BCUT2D eigenvalue weighted by Crippen LogP contribution is 2.16. The van der Waals surface area contributed by atoms with E-state index in [2.05, 4.69) is 25.9 Å². The van der Waals surface area contributed by atoms with Crippen LogP contribution in [-0.4, -0.2) is 37.0 Å². The van der Waals surface area contributed by atoms with Crippen LogP contribution in [0.2, 0.25) is 0 Å². The first-order valence-electron chi connectivity index (χ1n) is 8.22. The molecule has 6 nitrogen and oxygen atoms in total. The molecule has 1 heterocycles. The van der Waals surface area contributed by atoms with Crippen molar-refractivity contribution in [2.24, 2.45) is 4.99 Å². The molecule has 26 heavy (non-hydrogen) atoms. The minimum Gasteiger partial charge on any atom is -0.355 e. The van der Waals surface area contributed by atoms with Gasteiger partial charge in [-0.15, -0.1) is 35.3 Å². The number of hydrogen-bond acceptors (Lipinski definition) is 4. The zero-order valence-electron chi connectivity index (χ0n) is 15.5. The number of carbonyl (C=O) groups is 1. The number of aromatic nitrogens is 1. The minimum atomic E-state index is -0.0655. The average molecular weight is 487 g/mol. The van der Waals surface area contributed by atoms with Gasteiger partial charge in [-0.2, -0.15) is 0 Å². The lowest BCUT2D eigenvalue weighted by Crippen LogP contribution is -2.41. The Kier molecular flexibility index (Phi) is 9.57. The Hall–Kier alpha value is -1.68. The molecule has 0 saturated heterocycles. The Morgan fingerprint density at radius 1 is 1.15 bits per heavy atom. The molecule has 0 spiro atoms. The maximum atomic E-state index is 12.1. The average Bonchev–Trinajstić information content (AvgIpc) is 2.91. The van der Waals surface area contributed by atoms with Crippen LogP contribution in [0.1, 0.15) is 31.5 Å². The molecule has 0 fully saturated rings. The molecule has 3 N–H and O–H groups in total. The molecule has 0 aliphatic carbocycles. The number of halogens is 1. The van der Waals surface area contributed by atoms with Gasteiger partial charge in [0.25, 0.3) is 5.91 Å². The SMILES string of the molecule is CN=C(NCCNC(=O)c1cccc(C)c1)NCc1sc(C)nc1C.I. The van der Waals surface area contributed by atoms with E-state index in [1.807, 2.05) is 45.0 Å². The Morgan fingerprint density at radius 3 is 2.50 bits per heavy atom. The smallest absolute Gasteiger partial charge is 0.251 e. The molecule has 0 radical (unpaired) electrons. The van der Waals surface area contributed by atoms with Crippen LogP contribution in [-0.2, 0) is 6.54 Å². The van der Waals surface area contributed by atoms with Gasteiger partial charge in [0.05, 0.1) is 17.2 Å². The van der Waals surface area contributed by atoms with E-state index in [1.54, 1.807) is 18.4 Å². The number of nitrogens with zero attached hydrogens (tertiary/aromatic N) is 2. The van der Waals surface area contributed by atoms with Crippen molar-refractivity contribution in [2.75, 3.05) is 20.1 Å². The molecule has 0 bridgehead atoms. The van der Waals surface area contributed by atoms with Gasteiger partial charge in [-0.05, 0) is 32.9 Å². The predicted octanol–water partition coefficient (Wildman–Crippen LogP) is 2.78. The fourth-order valence-corrected chi connectivity index (χ4v) is 3.24. The summed E-state index contributed by atoms with van der Waals surface area (Å²) in [6, 6.07) is 7.55. The summed E-state index contributed by atoms with van der Waals surface area (Å²) in [5.74, 6) is 0.638. The van der Waals surface area contributed by atoms with Crippen molar-refractivity contribution >= 4 is 47.2 Å². The maximum absolute atomic E-state index is 12.1. The first-order chi connectivity index (χ1) is 12.0. The van der Waals surface area contributed by atoms with E-state index in [9.17, 15) is 4.79 Å². The van der Waals surface area contributed by atoms with Crippen molar-refractivity contribution in [3.63, 3.8) is 0 Å². The molecule has 1 amide bonds. The van der Waals surface area contributed by atoms with Gasteiger partial charge in [-0.1, -0.05) is 17.7 Å². The van der Waals surface area contributed by atoms with E-state index in [1.165, 1.54) is 4.88 Å². The third kappa shape index (κ3) is 6.91. The zero-order valence-corrected chi connectivity index (χ0v) is 18.7. The lowest BCUT2D eigenvalue weighted by molar-refractivity contribution is 0.0954. The number of hydrogen-bond donors (Lipinski definition) is 3. The lowest BCUT2D eigenvalue weighted by atomic mass is 10.1. The fourth-order valence-electron chi connectivity index (χ4n) is 2.37. The van der Waals surface area contributed by atoms with Gasteiger partial charge in [0, 0.05) is 30.6 Å². The molecule has 8 heteroatoms. The van der Waals surface area contributed by atoms with Crippen LogP contribution in [0.25, 0.3) is 0 Å². The number of aliphatic imine (C=N–C) groups is 1. The predicted molar refractivity (Wildman–Crippen MR) is 119 cm³/mol. The lowest BCUT2D eigenvalue weighted by Gasteiger charge is -2.12. The third-order valence-electron chi connectivity index (χ3n) is 3.62. The van der Waals surface area contributed by atoms with Gasteiger partial charge in [0.15, 0.2) is 5.96 Å². The van der Waals surface area contributed by atoms with Crippen LogP contribution in [0.3, 0.4) is 0 Å². The summed E-state index contributed by atoms with van der Waals surface area (Å²) in [6.07, 6.45) is 0. The summed E-state index contributed by atoms with van der Waals surface area (Å²) >= 11 is 1.68. The zero-order chi connectivity index (χ0) is 18.2. The molecule has 142 valence electrons. The molecule has 0 aliphatic heterocycles. The Labute approximate surface area is 175 Å². The summed E-state index contributed by atoms with van der Waals surface area (Å²) in [5.41, 5.74) is 2.80. The van der Waals surface area contributed by atoms with Crippen molar-refractivity contribution in [3.05, 3.63) is 51.0 Å². The molecule has 0 saturated carbocycles. The standard InChI is InChI=1S/C18H25N5OS.HI/c1-12-6-5-7-15(10-12)17(24)20-8-9-21-18(19-4)22-11-16-13(2)23-14(3)25-16;/h5-7,10H,8-9,11H2,1-4H3,(H,20,24)(H2,19,21,22);1H. The second-order valence-electron chi connectivity index (χ2n) is 5.72. The topological polar surface area (TPSA) is 78.4 Å². The Morgan fingerprint density at radius 2 is 1.88 bits per heavy atom. The van der Waals surface area contributed by atoms with E-state index in [0.717, 1.165) is 16.3 Å². The van der Waals surface area contributed by atoms with Gasteiger partial charge in [0.1, 0.15) is 0 Å². The van der Waals surface area contributed by atoms with E-state index >= 15 is 0 Å². The number of guanidine groups is 1. The van der Waals surface area contributed by atoms with Crippen LogP contribution >= 0.6 is 35.3 Å². The summed E-state index contributed by atoms with van der Waals surface area (Å²) in [6.45, 7) is 7.79. The molecule has 1 aromatic carbocycles. The quantitative estimate of drug-likeness (QED) is 0.254. The van der Waals surface area contributed by atoms with Crippen molar-refractivity contribution in [3.8, 4) is 0 Å². The van der Waals surface area contributed by atoms with Crippen molar-refractivity contribution in [1.82, 2.24) is 20.9 Å². The fraction of sp³-hybridized carbons (Fsp3) is 0.389. The number of amides is 1. The van der Waals surface area contributed by atoms with Gasteiger partial charge in [-0.25, -0.2) is 4.98 Å². The summed E-state index contributed by atoms with van der Waals surface area (Å²) in [7, 11) is 1.73. The van der Waals surface area contributed by atoms with E-state index < -0.39 is 0 Å². The van der Waals surface area contributed by atoms with Crippen LogP contribution < -0.4 is 16.0 Å². The molecule has 1 aromatic heterocycles. The molecule has 0 unspecified atom stereocenters.